The van der Waals surface area contributed by atoms with Gasteiger partial charge in [-0.05, 0) is 25.0 Å². The first-order chi connectivity index (χ1) is 8.15. The molecule has 4 nitrogen and oxygen atoms in total. The van der Waals surface area contributed by atoms with E-state index in [2.05, 4.69) is 10.3 Å². The normalized spacial score (nSPS) is 12.2. The second-order valence-corrected chi connectivity index (χ2v) is 4.38. The molecule has 1 aromatic heterocycles. The van der Waals surface area contributed by atoms with E-state index in [1.54, 1.807) is 19.4 Å². The Labute approximate surface area is 106 Å². The van der Waals surface area contributed by atoms with Crippen LogP contribution in [-0.4, -0.2) is 36.5 Å². The molecule has 0 saturated heterocycles. The highest BCUT2D eigenvalue weighted by molar-refractivity contribution is 6.20. The number of halogens is 1. The summed E-state index contributed by atoms with van der Waals surface area (Å²) in [5.41, 5.74) is 1.33. The first-order valence-corrected chi connectivity index (χ1v) is 5.91. The van der Waals surface area contributed by atoms with E-state index in [1.165, 1.54) is 0 Å². The van der Waals surface area contributed by atoms with Crippen molar-refractivity contribution in [2.24, 2.45) is 0 Å². The third-order valence-corrected chi connectivity index (χ3v) is 2.66. The molecule has 0 bridgehead atoms. The standard InChI is InChI=1S/C12H17ClN2O2/c1-9-4-3-6-14-11(9)12(16)15-7-5-10(13)8-17-2/h3-4,6,10H,5,7-8H2,1-2H3,(H,15,16). The van der Waals surface area contributed by atoms with Crippen LogP contribution < -0.4 is 5.32 Å². The van der Waals surface area contributed by atoms with Crippen LogP contribution in [0.2, 0.25) is 0 Å². The summed E-state index contributed by atoms with van der Waals surface area (Å²) in [7, 11) is 1.60. The lowest BCUT2D eigenvalue weighted by molar-refractivity contribution is 0.0946. The summed E-state index contributed by atoms with van der Waals surface area (Å²) < 4.78 is 4.91. The van der Waals surface area contributed by atoms with Crippen LogP contribution in [0.25, 0.3) is 0 Å². The van der Waals surface area contributed by atoms with Crippen LogP contribution in [0.4, 0.5) is 0 Å². The number of carbonyl (C=O) groups excluding carboxylic acids is 1. The van der Waals surface area contributed by atoms with Gasteiger partial charge < -0.3 is 10.1 Å². The van der Waals surface area contributed by atoms with Crippen LogP contribution in [0.5, 0.6) is 0 Å². The Morgan fingerprint density at radius 1 is 1.65 bits per heavy atom. The van der Waals surface area contributed by atoms with Crippen molar-refractivity contribution in [1.29, 1.82) is 0 Å². The summed E-state index contributed by atoms with van der Waals surface area (Å²) >= 11 is 5.95. The molecule has 0 aliphatic rings. The quantitative estimate of drug-likeness (QED) is 0.789. The monoisotopic (exact) mass is 256 g/mol. The highest BCUT2D eigenvalue weighted by Crippen LogP contribution is 2.04. The predicted octanol–water partition coefficient (Wildman–Crippen LogP) is 1.76. The molecule has 0 aliphatic carbocycles. The van der Waals surface area contributed by atoms with Crippen molar-refractivity contribution in [2.45, 2.75) is 18.7 Å². The number of methoxy groups -OCH3 is 1. The molecular weight excluding hydrogens is 240 g/mol. The second-order valence-electron chi connectivity index (χ2n) is 3.77. The van der Waals surface area contributed by atoms with Gasteiger partial charge in [-0.1, -0.05) is 6.07 Å². The van der Waals surface area contributed by atoms with Gasteiger partial charge in [0.05, 0.1) is 12.0 Å². The van der Waals surface area contributed by atoms with Crippen LogP contribution >= 0.6 is 11.6 Å². The molecule has 0 radical (unpaired) electrons. The summed E-state index contributed by atoms with van der Waals surface area (Å²) in [5, 5.41) is 2.71. The maximum Gasteiger partial charge on any atom is 0.270 e. The molecule has 1 heterocycles. The molecule has 17 heavy (non-hydrogen) atoms. The van der Waals surface area contributed by atoms with E-state index in [4.69, 9.17) is 16.3 Å². The van der Waals surface area contributed by atoms with Gasteiger partial charge in [-0.15, -0.1) is 11.6 Å². The topological polar surface area (TPSA) is 51.2 Å². The first-order valence-electron chi connectivity index (χ1n) is 5.48. The van der Waals surface area contributed by atoms with Crippen LogP contribution in [0.3, 0.4) is 0 Å². The SMILES string of the molecule is COCC(Cl)CCNC(=O)c1ncccc1C. The van der Waals surface area contributed by atoms with Crippen LogP contribution in [0.15, 0.2) is 18.3 Å². The molecule has 1 rings (SSSR count). The van der Waals surface area contributed by atoms with Gasteiger partial charge in [0.15, 0.2) is 0 Å². The molecule has 0 aliphatic heterocycles. The molecule has 1 N–H and O–H groups in total. The summed E-state index contributed by atoms with van der Waals surface area (Å²) in [4.78, 5) is 15.8. The van der Waals surface area contributed by atoms with Crippen LogP contribution in [0.1, 0.15) is 22.5 Å². The molecule has 1 aromatic rings. The van der Waals surface area contributed by atoms with Crippen LogP contribution in [-0.2, 0) is 4.74 Å². The summed E-state index contributed by atoms with van der Waals surface area (Å²) in [6.07, 6.45) is 2.28. The number of amides is 1. The van der Waals surface area contributed by atoms with Gasteiger partial charge in [0, 0.05) is 19.9 Å². The highest BCUT2D eigenvalue weighted by Gasteiger charge is 2.10. The van der Waals surface area contributed by atoms with Crippen molar-refractivity contribution in [3.05, 3.63) is 29.6 Å². The molecule has 0 aromatic carbocycles. The molecule has 1 unspecified atom stereocenters. The molecule has 0 saturated carbocycles. The number of aryl methyl sites for hydroxylation is 1. The predicted molar refractivity (Wildman–Crippen MR) is 67.4 cm³/mol. The lowest BCUT2D eigenvalue weighted by atomic mass is 10.2. The Morgan fingerprint density at radius 3 is 3.06 bits per heavy atom. The zero-order chi connectivity index (χ0) is 12.7. The van der Waals surface area contributed by atoms with E-state index in [-0.39, 0.29) is 11.3 Å². The lowest BCUT2D eigenvalue weighted by Crippen LogP contribution is -2.28. The number of ether oxygens (including phenoxy) is 1. The Balaban J connectivity index is 2.38. The van der Waals surface area contributed by atoms with E-state index < -0.39 is 0 Å². The summed E-state index contributed by atoms with van der Waals surface area (Å²) in [6.45, 7) is 2.86. The zero-order valence-electron chi connectivity index (χ0n) is 10.1. The Hall–Kier alpha value is -1.13. The number of carbonyl (C=O) groups is 1. The van der Waals surface area contributed by atoms with Gasteiger partial charge in [-0.3, -0.25) is 9.78 Å². The molecule has 0 spiro atoms. The third-order valence-electron chi connectivity index (χ3n) is 2.32. The van der Waals surface area contributed by atoms with Gasteiger partial charge >= 0.3 is 0 Å². The molecule has 5 heteroatoms. The number of aromatic nitrogens is 1. The van der Waals surface area contributed by atoms with Crippen LogP contribution in [0, 0.1) is 6.92 Å². The molecule has 1 atom stereocenters. The minimum absolute atomic E-state index is 0.0786. The minimum Gasteiger partial charge on any atom is -0.383 e. The molecule has 0 fully saturated rings. The van der Waals surface area contributed by atoms with E-state index in [0.717, 1.165) is 5.56 Å². The van der Waals surface area contributed by atoms with Gasteiger partial charge in [-0.2, -0.15) is 0 Å². The van der Waals surface area contributed by atoms with Gasteiger partial charge in [0.1, 0.15) is 5.69 Å². The fraction of sp³-hybridized carbons (Fsp3) is 0.500. The van der Waals surface area contributed by atoms with Crippen molar-refractivity contribution in [3.63, 3.8) is 0 Å². The van der Waals surface area contributed by atoms with Crippen molar-refractivity contribution in [2.75, 3.05) is 20.3 Å². The fourth-order valence-electron chi connectivity index (χ4n) is 1.41. The van der Waals surface area contributed by atoms with E-state index in [9.17, 15) is 4.79 Å². The van der Waals surface area contributed by atoms with Crippen molar-refractivity contribution in [1.82, 2.24) is 10.3 Å². The number of alkyl halides is 1. The molecule has 94 valence electrons. The van der Waals surface area contributed by atoms with Gasteiger partial charge in [0.2, 0.25) is 0 Å². The minimum atomic E-state index is -0.163. The van der Waals surface area contributed by atoms with Crippen molar-refractivity contribution in [3.8, 4) is 0 Å². The smallest absolute Gasteiger partial charge is 0.270 e. The highest BCUT2D eigenvalue weighted by atomic mass is 35.5. The Kier molecular flexibility index (Phi) is 5.94. The Bertz CT molecular complexity index is 371. The maximum atomic E-state index is 11.8. The number of nitrogens with zero attached hydrogens (tertiary/aromatic N) is 1. The molecule has 1 amide bonds. The summed E-state index contributed by atoms with van der Waals surface area (Å²) in [6, 6.07) is 3.66. The molecular formula is C12H17ClN2O2. The number of rotatable bonds is 6. The number of hydrogen-bond donors (Lipinski definition) is 1. The maximum absolute atomic E-state index is 11.8. The zero-order valence-corrected chi connectivity index (χ0v) is 10.8. The fourth-order valence-corrected chi connectivity index (χ4v) is 1.65. The van der Waals surface area contributed by atoms with E-state index >= 15 is 0 Å². The number of nitrogens with one attached hydrogen (secondary N) is 1. The van der Waals surface area contributed by atoms with E-state index in [1.807, 2.05) is 13.0 Å². The first kappa shape index (κ1) is 13.9. The van der Waals surface area contributed by atoms with Crippen molar-refractivity contribution < 1.29 is 9.53 Å². The van der Waals surface area contributed by atoms with Gasteiger partial charge in [-0.25, -0.2) is 0 Å². The largest absolute Gasteiger partial charge is 0.383 e. The van der Waals surface area contributed by atoms with E-state index in [0.29, 0.717) is 25.3 Å². The average Bonchev–Trinajstić information content (AvgIpc) is 2.29. The van der Waals surface area contributed by atoms with Crippen molar-refractivity contribution >= 4 is 17.5 Å². The average molecular weight is 257 g/mol. The lowest BCUT2D eigenvalue weighted by Gasteiger charge is -2.09. The second kappa shape index (κ2) is 7.25. The number of pyridine rings is 1. The van der Waals surface area contributed by atoms with Gasteiger partial charge in [0.25, 0.3) is 5.91 Å². The third kappa shape index (κ3) is 4.71. The summed E-state index contributed by atoms with van der Waals surface area (Å²) in [5.74, 6) is -0.163. The number of hydrogen-bond acceptors (Lipinski definition) is 3. The Morgan fingerprint density at radius 2 is 2.41 bits per heavy atom.